The number of carbonyl (C=O) groups excluding carboxylic acids is 2. The molecule has 0 unspecified atom stereocenters. The lowest BCUT2D eigenvalue weighted by Crippen LogP contribution is -2.32. The van der Waals surface area contributed by atoms with Gasteiger partial charge in [0, 0.05) is 5.39 Å². The van der Waals surface area contributed by atoms with Gasteiger partial charge in [0.1, 0.15) is 12.4 Å². The van der Waals surface area contributed by atoms with Gasteiger partial charge in [0.15, 0.2) is 0 Å². The van der Waals surface area contributed by atoms with E-state index in [9.17, 15) is 9.59 Å². The standard InChI is InChI=1S/C23H19NO3S/c1-16-9-11-17(12-10-16)15-21-22(25)24(23(26)28-21)13-14-27-20-8-4-6-18-5-2-3-7-19(18)20/h2-12,15H,13-14H2,1H3/b21-15-. The van der Waals surface area contributed by atoms with Crippen LogP contribution in [0.4, 0.5) is 4.79 Å². The van der Waals surface area contributed by atoms with Crippen molar-refractivity contribution in [3.05, 3.63) is 82.8 Å². The SMILES string of the molecule is Cc1ccc(/C=C2\SC(=O)N(CCOc3cccc4ccccc34)C2=O)cc1. The van der Waals surface area contributed by atoms with E-state index in [1.165, 1.54) is 4.90 Å². The highest BCUT2D eigenvalue weighted by molar-refractivity contribution is 8.18. The van der Waals surface area contributed by atoms with Crippen LogP contribution < -0.4 is 4.74 Å². The second-order valence-electron chi connectivity index (χ2n) is 6.57. The average molecular weight is 389 g/mol. The molecule has 28 heavy (non-hydrogen) atoms. The largest absolute Gasteiger partial charge is 0.491 e. The predicted molar refractivity (Wildman–Crippen MR) is 113 cm³/mol. The van der Waals surface area contributed by atoms with Gasteiger partial charge in [0.05, 0.1) is 11.4 Å². The summed E-state index contributed by atoms with van der Waals surface area (Å²) in [5.41, 5.74) is 2.05. The Balaban J connectivity index is 1.43. The quantitative estimate of drug-likeness (QED) is 0.558. The molecule has 5 heteroatoms. The van der Waals surface area contributed by atoms with Crippen molar-refractivity contribution in [2.75, 3.05) is 13.2 Å². The number of imide groups is 1. The van der Waals surface area contributed by atoms with E-state index in [-0.39, 0.29) is 24.3 Å². The maximum atomic E-state index is 12.6. The van der Waals surface area contributed by atoms with Crippen LogP contribution in [0.3, 0.4) is 0 Å². The Bertz CT molecular complexity index is 1070. The molecule has 4 rings (SSSR count). The minimum absolute atomic E-state index is 0.221. The van der Waals surface area contributed by atoms with Crippen LogP contribution in [0.1, 0.15) is 11.1 Å². The van der Waals surface area contributed by atoms with Crippen LogP contribution in [0.15, 0.2) is 71.6 Å². The fraction of sp³-hybridized carbons (Fsp3) is 0.130. The normalized spacial score (nSPS) is 15.6. The van der Waals surface area contributed by atoms with Gasteiger partial charge in [-0.1, -0.05) is 66.2 Å². The number of amides is 2. The third-order valence-electron chi connectivity index (χ3n) is 4.57. The second kappa shape index (κ2) is 7.90. The summed E-state index contributed by atoms with van der Waals surface area (Å²) in [7, 11) is 0. The topological polar surface area (TPSA) is 46.6 Å². The van der Waals surface area contributed by atoms with Gasteiger partial charge >= 0.3 is 0 Å². The van der Waals surface area contributed by atoms with Crippen molar-refractivity contribution in [1.82, 2.24) is 4.90 Å². The molecule has 2 amide bonds. The molecule has 4 nitrogen and oxygen atoms in total. The number of benzene rings is 3. The first-order valence-electron chi connectivity index (χ1n) is 9.04. The summed E-state index contributed by atoms with van der Waals surface area (Å²) in [4.78, 5) is 26.6. The molecule has 0 saturated carbocycles. The van der Waals surface area contributed by atoms with Gasteiger partial charge in [-0.15, -0.1) is 0 Å². The van der Waals surface area contributed by atoms with Gasteiger partial charge in [0.2, 0.25) is 0 Å². The van der Waals surface area contributed by atoms with E-state index in [0.717, 1.165) is 39.4 Å². The van der Waals surface area contributed by atoms with Crippen LogP contribution in [0.25, 0.3) is 16.8 Å². The van der Waals surface area contributed by atoms with Gasteiger partial charge in [-0.3, -0.25) is 14.5 Å². The van der Waals surface area contributed by atoms with Gasteiger partial charge in [-0.05, 0) is 41.8 Å². The number of aryl methyl sites for hydroxylation is 1. The first kappa shape index (κ1) is 18.3. The lowest BCUT2D eigenvalue weighted by Gasteiger charge is -2.14. The Kier molecular flexibility index (Phi) is 5.17. The van der Waals surface area contributed by atoms with Crippen molar-refractivity contribution in [1.29, 1.82) is 0 Å². The van der Waals surface area contributed by atoms with Crippen molar-refractivity contribution in [2.45, 2.75) is 6.92 Å². The molecular weight excluding hydrogens is 370 g/mol. The Hall–Kier alpha value is -3.05. The molecular formula is C23H19NO3S. The highest BCUT2D eigenvalue weighted by Crippen LogP contribution is 2.32. The van der Waals surface area contributed by atoms with Crippen molar-refractivity contribution in [3.8, 4) is 5.75 Å². The smallest absolute Gasteiger partial charge is 0.293 e. The number of thioether (sulfide) groups is 1. The summed E-state index contributed by atoms with van der Waals surface area (Å²) in [5.74, 6) is 0.484. The summed E-state index contributed by atoms with van der Waals surface area (Å²) in [6.07, 6.45) is 1.76. The summed E-state index contributed by atoms with van der Waals surface area (Å²) in [6.45, 7) is 2.48. The highest BCUT2D eigenvalue weighted by Gasteiger charge is 2.34. The Morgan fingerprint density at radius 1 is 0.964 bits per heavy atom. The molecule has 1 heterocycles. The first-order valence-corrected chi connectivity index (χ1v) is 9.86. The molecule has 0 bridgehead atoms. The zero-order valence-electron chi connectivity index (χ0n) is 15.4. The third-order valence-corrected chi connectivity index (χ3v) is 5.48. The molecule has 1 aliphatic heterocycles. The van der Waals surface area contributed by atoms with E-state index in [1.54, 1.807) is 6.08 Å². The Morgan fingerprint density at radius 3 is 2.54 bits per heavy atom. The molecule has 0 N–H and O–H groups in total. The Labute approximate surface area is 167 Å². The zero-order chi connectivity index (χ0) is 19.5. The van der Waals surface area contributed by atoms with Gasteiger partial charge in [0.25, 0.3) is 11.1 Å². The van der Waals surface area contributed by atoms with Crippen molar-refractivity contribution >= 4 is 39.8 Å². The van der Waals surface area contributed by atoms with E-state index < -0.39 is 0 Å². The molecule has 3 aromatic carbocycles. The first-order chi connectivity index (χ1) is 13.6. The predicted octanol–water partition coefficient (Wildman–Crippen LogP) is 5.26. The van der Waals surface area contributed by atoms with Gasteiger partial charge in [-0.2, -0.15) is 0 Å². The molecule has 3 aromatic rings. The van der Waals surface area contributed by atoms with Crippen LogP contribution in [0.2, 0.25) is 0 Å². The third kappa shape index (κ3) is 3.80. The number of nitrogens with zero attached hydrogens (tertiary/aromatic N) is 1. The molecule has 0 radical (unpaired) electrons. The maximum absolute atomic E-state index is 12.6. The van der Waals surface area contributed by atoms with Gasteiger partial charge < -0.3 is 4.74 Å². The molecule has 0 atom stereocenters. The molecule has 1 saturated heterocycles. The van der Waals surface area contributed by atoms with Crippen LogP contribution in [0, 0.1) is 6.92 Å². The summed E-state index contributed by atoms with van der Waals surface area (Å²) in [5, 5.41) is 1.84. The molecule has 1 fully saturated rings. The lowest BCUT2D eigenvalue weighted by molar-refractivity contribution is -0.123. The van der Waals surface area contributed by atoms with E-state index in [2.05, 4.69) is 0 Å². The van der Waals surface area contributed by atoms with Crippen molar-refractivity contribution in [2.24, 2.45) is 0 Å². The number of carbonyl (C=O) groups is 2. The number of rotatable bonds is 5. The van der Waals surface area contributed by atoms with Crippen molar-refractivity contribution in [3.63, 3.8) is 0 Å². The number of fused-ring (bicyclic) bond motifs is 1. The number of hydrogen-bond acceptors (Lipinski definition) is 4. The maximum Gasteiger partial charge on any atom is 0.293 e. The fourth-order valence-corrected chi connectivity index (χ4v) is 3.94. The van der Waals surface area contributed by atoms with E-state index in [1.807, 2.05) is 73.7 Å². The Morgan fingerprint density at radius 2 is 1.71 bits per heavy atom. The summed E-state index contributed by atoms with van der Waals surface area (Å²) >= 11 is 0.973. The van der Waals surface area contributed by atoms with Crippen LogP contribution >= 0.6 is 11.8 Å². The molecule has 1 aliphatic rings. The molecule has 0 spiro atoms. The molecule has 140 valence electrons. The number of ether oxygens (including phenoxy) is 1. The minimum atomic E-state index is -0.267. The van der Waals surface area contributed by atoms with E-state index >= 15 is 0 Å². The molecule has 0 aliphatic carbocycles. The van der Waals surface area contributed by atoms with Crippen LogP contribution in [-0.4, -0.2) is 29.2 Å². The number of hydrogen-bond donors (Lipinski definition) is 0. The second-order valence-corrected chi connectivity index (χ2v) is 7.56. The van der Waals surface area contributed by atoms with Crippen LogP contribution in [0.5, 0.6) is 5.75 Å². The summed E-state index contributed by atoms with van der Waals surface area (Å²) < 4.78 is 5.87. The zero-order valence-corrected chi connectivity index (χ0v) is 16.2. The van der Waals surface area contributed by atoms with Crippen molar-refractivity contribution < 1.29 is 14.3 Å². The average Bonchev–Trinajstić information content (AvgIpc) is 2.97. The van der Waals surface area contributed by atoms with Crippen LogP contribution in [-0.2, 0) is 4.79 Å². The highest BCUT2D eigenvalue weighted by atomic mass is 32.2. The summed E-state index contributed by atoms with van der Waals surface area (Å²) in [6, 6.07) is 21.6. The van der Waals surface area contributed by atoms with E-state index in [0.29, 0.717) is 4.91 Å². The monoisotopic (exact) mass is 389 g/mol. The van der Waals surface area contributed by atoms with E-state index in [4.69, 9.17) is 4.74 Å². The van der Waals surface area contributed by atoms with Gasteiger partial charge in [-0.25, -0.2) is 0 Å². The lowest BCUT2D eigenvalue weighted by atomic mass is 10.1. The minimum Gasteiger partial charge on any atom is -0.491 e. The molecule has 0 aromatic heterocycles. The fourth-order valence-electron chi connectivity index (χ4n) is 3.08.